The zero-order valence-electron chi connectivity index (χ0n) is 18.8. The van der Waals surface area contributed by atoms with Crippen LogP contribution >= 0.6 is 0 Å². The number of ether oxygens (including phenoxy) is 2. The predicted octanol–water partition coefficient (Wildman–Crippen LogP) is 2.74. The number of rotatable bonds is 6. The van der Waals surface area contributed by atoms with Crippen LogP contribution in [0, 0.1) is 0 Å². The number of aliphatic hydroxyl groups excluding tert-OH is 4. The standard InChI is InChI=1S/C25H29F3O6/c1-2-16-18-5-3-4-17(18)14(10-13-6-8-15(9-7-13)34-25(26,27)28)11-19(16)24-23(32)22(31)21(30)20(12-29)33-24/h6-9,11,20-24,29-32H,2-5,10,12H2,1H3/t20-,21+,22+,23+,24+/m1/s1. The van der Waals surface area contributed by atoms with Crippen LogP contribution in [0.1, 0.15) is 52.8 Å². The van der Waals surface area contributed by atoms with Crippen molar-refractivity contribution < 1.29 is 43.1 Å². The van der Waals surface area contributed by atoms with E-state index in [0.717, 1.165) is 36.0 Å². The molecule has 0 spiro atoms. The highest BCUT2D eigenvalue weighted by Gasteiger charge is 2.45. The van der Waals surface area contributed by atoms with Gasteiger partial charge < -0.3 is 29.9 Å². The van der Waals surface area contributed by atoms with Gasteiger partial charge in [0, 0.05) is 0 Å². The molecule has 0 aromatic heterocycles. The smallest absolute Gasteiger partial charge is 0.406 e. The molecule has 9 heteroatoms. The second-order valence-electron chi connectivity index (χ2n) is 8.89. The van der Waals surface area contributed by atoms with Crippen LogP contribution < -0.4 is 4.74 Å². The molecule has 0 saturated carbocycles. The van der Waals surface area contributed by atoms with E-state index in [-0.39, 0.29) is 5.75 Å². The number of halogens is 3. The number of fused-ring (bicyclic) bond motifs is 1. The lowest BCUT2D eigenvalue weighted by Gasteiger charge is -2.41. The molecule has 2 aliphatic rings. The molecule has 0 unspecified atom stereocenters. The Morgan fingerprint density at radius 3 is 2.29 bits per heavy atom. The Hall–Kier alpha value is -2.17. The molecule has 0 radical (unpaired) electrons. The van der Waals surface area contributed by atoms with Crippen molar-refractivity contribution in [1.82, 2.24) is 0 Å². The molecule has 2 aromatic rings. The highest BCUT2D eigenvalue weighted by Crippen LogP contribution is 2.40. The summed E-state index contributed by atoms with van der Waals surface area (Å²) in [5, 5.41) is 40.8. The lowest BCUT2D eigenvalue weighted by Crippen LogP contribution is -2.55. The lowest BCUT2D eigenvalue weighted by molar-refractivity contribution is -0.274. The molecule has 2 aromatic carbocycles. The Balaban J connectivity index is 1.70. The normalized spacial score (nSPS) is 27.0. The van der Waals surface area contributed by atoms with Gasteiger partial charge in [0.05, 0.1) is 6.61 Å². The Morgan fingerprint density at radius 2 is 1.68 bits per heavy atom. The van der Waals surface area contributed by atoms with Gasteiger partial charge in [-0.2, -0.15) is 0 Å². The molecule has 34 heavy (non-hydrogen) atoms. The Labute approximate surface area is 195 Å². The molecule has 1 fully saturated rings. The van der Waals surface area contributed by atoms with E-state index in [1.54, 1.807) is 12.1 Å². The molecule has 0 amide bonds. The number of hydrogen-bond acceptors (Lipinski definition) is 6. The molecule has 6 nitrogen and oxygen atoms in total. The first-order chi connectivity index (χ1) is 16.1. The topological polar surface area (TPSA) is 99.4 Å². The van der Waals surface area contributed by atoms with Crippen LogP contribution in [-0.2, 0) is 30.4 Å². The molecule has 186 valence electrons. The summed E-state index contributed by atoms with van der Waals surface area (Å²) in [5.41, 5.74) is 5.86. The van der Waals surface area contributed by atoms with Gasteiger partial charge in [-0.15, -0.1) is 13.2 Å². The monoisotopic (exact) mass is 482 g/mol. The molecular weight excluding hydrogens is 453 g/mol. The number of hydrogen-bond donors (Lipinski definition) is 4. The zero-order chi connectivity index (χ0) is 24.6. The minimum Gasteiger partial charge on any atom is -0.406 e. The van der Waals surface area contributed by atoms with Crippen molar-refractivity contribution in [3.8, 4) is 5.75 Å². The fourth-order valence-corrected chi connectivity index (χ4v) is 5.18. The van der Waals surface area contributed by atoms with Crippen molar-refractivity contribution in [3.05, 3.63) is 63.7 Å². The van der Waals surface area contributed by atoms with Gasteiger partial charge in [0.1, 0.15) is 36.3 Å². The molecule has 1 saturated heterocycles. The average molecular weight is 482 g/mol. The lowest BCUT2D eigenvalue weighted by atomic mass is 9.83. The minimum atomic E-state index is -4.75. The van der Waals surface area contributed by atoms with Crippen LogP contribution in [0.15, 0.2) is 30.3 Å². The van der Waals surface area contributed by atoms with E-state index in [4.69, 9.17) is 4.74 Å². The molecular formula is C25H29F3O6. The van der Waals surface area contributed by atoms with E-state index in [2.05, 4.69) is 4.74 Å². The van der Waals surface area contributed by atoms with Crippen LogP contribution in [0.3, 0.4) is 0 Å². The number of aliphatic hydroxyl groups is 4. The van der Waals surface area contributed by atoms with Gasteiger partial charge in [-0.05, 0) is 77.6 Å². The van der Waals surface area contributed by atoms with Gasteiger partial charge in [0.15, 0.2) is 0 Å². The van der Waals surface area contributed by atoms with Gasteiger partial charge in [-0.1, -0.05) is 25.1 Å². The first-order valence-corrected chi connectivity index (χ1v) is 11.4. The summed E-state index contributed by atoms with van der Waals surface area (Å²) in [5.74, 6) is -0.287. The van der Waals surface area contributed by atoms with Crippen LogP contribution in [0.4, 0.5) is 13.2 Å². The van der Waals surface area contributed by atoms with E-state index in [1.807, 2.05) is 13.0 Å². The SMILES string of the molecule is CCc1c([C@@H]2O[C@H](CO)[C@H](O)[C@H](O)[C@@H]2O)cc(Cc2ccc(OC(F)(F)F)cc2)c2c1CCC2. The van der Waals surface area contributed by atoms with Crippen molar-refractivity contribution in [2.45, 2.75) is 75.9 Å². The van der Waals surface area contributed by atoms with Crippen LogP contribution in [0.25, 0.3) is 0 Å². The molecule has 1 heterocycles. The third-order valence-electron chi connectivity index (χ3n) is 6.75. The maximum Gasteiger partial charge on any atom is 0.573 e. The summed E-state index contributed by atoms with van der Waals surface area (Å²) in [6.07, 6.45) is -7.15. The molecule has 1 aliphatic heterocycles. The summed E-state index contributed by atoms with van der Waals surface area (Å²) in [4.78, 5) is 0. The van der Waals surface area contributed by atoms with E-state index in [9.17, 15) is 33.6 Å². The average Bonchev–Trinajstić information content (AvgIpc) is 3.28. The van der Waals surface area contributed by atoms with E-state index >= 15 is 0 Å². The summed E-state index contributed by atoms with van der Waals surface area (Å²) < 4.78 is 47.2. The largest absolute Gasteiger partial charge is 0.573 e. The third kappa shape index (κ3) is 4.94. The Kier molecular flexibility index (Phi) is 7.21. The Bertz CT molecular complexity index is 1010. The maximum absolute atomic E-state index is 12.5. The quantitative estimate of drug-likeness (QED) is 0.506. The van der Waals surface area contributed by atoms with Gasteiger partial charge in [-0.3, -0.25) is 0 Å². The summed E-state index contributed by atoms with van der Waals surface area (Å²) in [7, 11) is 0. The second-order valence-corrected chi connectivity index (χ2v) is 8.89. The van der Waals surface area contributed by atoms with Crippen molar-refractivity contribution >= 4 is 0 Å². The van der Waals surface area contributed by atoms with Crippen molar-refractivity contribution in [2.75, 3.05) is 6.61 Å². The van der Waals surface area contributed by atoms with Crippen molar-refractivity contribution in [3.63, 3.8) is 0 Å². The van der Waals surface area contributed by atoms with E-state index < -0.39 is 43.5 Å². The number of alkyl halides is 3. The molecule has 4 rings (SSSR count). The highest BCUT2D eigenvalue weighted by atomic mass is 19.4. The third-order valence-corrected chi connectivity index (χ3v) is 6.75. The Morgan fingerprint density at radius 1 is 1.00 bits per heavy atom. The van der Waals surface area contributed by atoms with E-state index in [0.29, 0.717) is 18.4 Å². The number of benzene rings is 2. The van der Waals surface area contributed by atoms with Gasteiger partial charge in [0.25, 0.3) is 0 Å². The molecule has 5 atom stereocenters. The predicted molar refractivity (Wildman–Crippen MR) is 116 cm³/mol. The van der Waals surface area contributed by atoms with Gasteiger partial charge >= 0.3 is 6.36 Å². The van der Waals surface area contributed by atoms with Crippen LogP contribution in [0.5, 0.6) is 5.75 Å². The zero-order valence-corrected chi connectivity index (χ0v) is 18.8. The fraction of sp³-hybridized carbons (Fsp3) is 0.520. The van der Waals surface area contributed by atoms with E-state index in [1.165, 1.54) is 23.3 Å². The van der Waals surface area contributed by atoms with Gasteiger partial charge in [-0.25, -0.2) is 0 Å². The van der Waals surface area contributed by atoms with Crippen LogP contribution in [-0.4, -0.2) is 57.8 Å². The maximum atomic E-state index is 12.5. The van der Waals surface area contributed by atoms with Crippen molar-refractivity contribution in [1.29, 1.82) is 0 Å². The highest BCUT2D eigenvalue weighted by molar-refractivity contribution is 5.51. The minimum absolute atomic E-state index is 0.287. The first kappa shape index (κ1) is 24.9. The van der Waals surface area contributed by atoms with Gasteiger partial charge in [0.2, 0.25) is 0 Å². The summed E-state index contributed by atoms with van der Waals surface area (Å²) >= 11 is 0. The second kappa shape index (κ2) is 9.83. The fourth-order valence-electron chi connectivity index (χ4n) is 5.18. The van der Waals surface area contributed by atoms with Crippen LogP contribution in [0.2, 0.25) is 0 Å². The summed E-state index contributed by atoms with van der Waals surface area (Å²) in [6.45, 7) is 1.49. The molecule has 1 aliphatic carbocycles. The molecule has 4 N–H and O–H groups in total. The summed E-state index contributed by atoms with van der Waals surface area (Å²) in [6, 6.07) is 7.66. The first-order valence-electron chi connectivity index (χ1n) is 11.4. The molecule has 0 bridgehead atoms. The van der Waals surface area contributed by atoms with Crippen molar-refractivity contribution in [2.24, 2.45) is 0 Å².